The Bertz CT molecular complexity index is 1030. The molecule has 3 aromatic rings. The average Bonchev–Trinajstić information content (AvgIpc) is 3.11. The van der Waals surface area contributed by atoms with Gasteiger partial charge in [-0.1, -0.05) is 53.5 Å². The second kappa shape index (κ2) is 8.44. The Balaban J connectivity index is 1.63. The van der Waals surface area contributed by atoms with E-state index in [2.05, 4.69) is 9.71 Å². The molecule has 2 aromatic carbocycles. The minimum Gasteiger partial charge on any atom is -0.331 e. The van der Waals surface area contributed by atoms with Gasteiger partial charge < -0.3 is 4.57 Å². The molecule has 1 aromatic heterocycles. The molecule has 0 aliphatic heterocycles. The van der Waals surface area contributed by atoms with Crippen LogP contribution in [-0.4, -0.2) is 24.5 Å². The number of benzene rings is 2. The number of aromatic nitrogens is 2. The van der Waals surface area contributed by atoms with Crippen LogP contribution in [0.25, 0.3) is 11.4 Å². The molecule has 27 heavy (non-hydrogen) atoms. The summed E-state index contributed by atoms with van der Waals surface area (Å²) in [6.45, 7) is 2.66. The molecule has 0 saturated heterocycles. The van der Waals surface area contributed by atoms with Gasteiger partial charge >= 0.3 is 0 Å². The van der Waals surface area contributed by atoms with Crippen LogP contribution in [0, 0.1) is 6.92 Å². The highest BCUT2D eigenvalue weighted by atomic mass is 35.5. The van der Waals surface area contributed by atoms with Crippen LogP contribution >= 0.6 is 23.2 Å². The van der Waals surface area contributed by atoms with Crippen LogP contribution in [0.4, 0.5) is 0 Å². The third-order valence-corrected chi connectivity index (χ3v) is 6.45. The van der Waals surface area contributed by atoms with E-state index in [9.17, 15) is 8.42 Å². The fourth-order valence-corrected chi connectivity index (χ4v) is 4.61. The van der Waals surface area contributed by atoms with Crippen molar-refractivity contribution in [2.75, 3.05) is 6.54 Å². The molecule has 0 unspecified atom stereocenters. The zero-order chi connectivity index (χ0) is 19.4. The first-order valence-corrected chi connectivity index (χ1v) is 10.6. The Morgan fingerprint density at radius 3 is 2.59 bits per heavy atom. The van der Waals surface area contributed by atoms with Crippen molar-refractivity contribution in [1.29, 1.82) is 0 Å². The first-order chi connectivity index (χ1) is 12.9. The Kier molecular flexibility index (Phi) is 6.22. The van der Waals surface area contributed by atoms with E-state index >= 15 is 0 Å². The SMILES string of the molecule is Cc1cc(S(=O)(=O)NCCCn2ccnc2-c2ccccc2)c(Cl)cc1Cl. The van der Waals surface area contributed by atoms with Gasteiger partial charge in [-0.3, -0.25) is 0 Å². The van der Waals surface area contributed by atoms with E-state index in [1.54, 1.807) is 13.1 Å². The number of sulfonamides is 1. The summed E-state index contributed by atoms with van der Waals surface area (Å²) in [5.41, 5.74) is 1.68. The molecule has 0 aliphatic rings. The van der Waals surface area contributed by atoms with E-state index in [1.807, 2.05) is 41.1 Å². The molecule has 0 aliphatic carbocycles. The van der Waals surface area contributed by atoms with Gasteiger partial charge in [-0.2, -0.15) is 0 Å². The third-order valence-electron chi connectivity index (χ3n) is 4.12. The molecular weight excluding hydrogens is 405 g/mol. The molecule has 1 N–H and O–H groups in total. The first-order valence-electron chi connectivity index (χ1n) is 8.40. The maximum absolute atomic E-state index is 12.5. The van der Waals surface area contributed by atoms with Crippen LogP contribution in [-0.2, 0) is 16.6 Å². The molecule has 0 bridgehead atoms. The lowest BCUT2D eigenvalue weighted by molar-refractivity contribution is 0.570. The second-order valence-electron chi connectivity index (χ2n) is 6.09. The standard InChI is InChI=1S/C19H19Cl2N3O2S/c1-14-12-18(17(21)13-16(14)20)27(25,26)23-8-5-10-24-11-9-22-19(24)15-6-3-2-4-7-15/h2-4,6-7,9,11-13,23H,5,8,10H2,1H3. The van der Waals surface area contributed by atoms with Crippen LogP contribution in [0.2, 0.25) is 10.0 Å². The molecule has 3 rings (SSSR count). The lowest BCUT2D eigenvalue weighted by Crippen LogP contribution is -2.26. The van der Waals surface area contributed by atoms with E-state index < -0.39 is 10.0 Å². The van der Waals surface area contributed by atoms with Crippen molar-refractivity contribution < 1.29 is 8.42 Å². The Labute approximate surface area is 169 Å². The zero-order valence-electron chi connectivity index (χ0n) is 14.7. The summed E-state index contributed by atoms with van der Waals surface area (Å²) >= 11 is 12.0. The van der Waals surface area contributed by atoms with Gasteiger partial charge in [-0.15, -0.1) is 0 Å². The Hall–Kier alpha value is -1.86. The van der Waals surface area contributed by atoms with Gasteiger partial charge in [0.2, 0.25) is 10.0 Å². The van der Waals surface area contributed by atoms with Crippen LogP contribution in [0.3, 0.4) is 0 Å². The number of hydrogen-bond donors (Lipinski definition) is 1. The minimum absolute atomic E-state index is 0.0404. The van der Waals surface area contributed by atoms with E-state index in [4.69, 9.17) is 23.2 Å². The summed E-state index contributed by atoms with van der Waals surface area (Å²) in [6, 6.07) is 12.8. The predicted molar refractivity (Wildman–Crippen MR) is 109 cm³/mol. The van der Waals surface area contributed by atoms with Crippen molar-refractivity contribution in [2.45, 2.75) is 24.8 Å². The Morgan fingerprint density at radius 2 is 1.85 bits per heavy atom. The first kappa shape index (κ1) is 19.9. The van der Waals surface area contributed by atoms with Crippen molar-refractivity contribution in [3.63, 3.8) is 0 Å². The highest BCUT2D eigenvalue weighted by Crippen LogP contribution is 2.28. The molecule has 0 spiro atoms. The fourth-order valence-electron chi connectivity index (χ4n) is 2.71. The van der Waals surface area contributed by atoms with Gasteiger partial charge in [-0.05, 0) is 31.0 Å². The topological polar surface area (TPSA) is 64.0 Å². The molecule has 1 heterocycles. The highest BCUT2D eigenvalue weighted by molar-refractivity contribution is 7.89. The molecule has 0 fully saturated rings. The second-order valence-corrected chi connectivity index (χ2v) is 8.64. The van der Waals surface area contributed by atoms with Crippen LogP contribution in [0.5, 0.6) is 0 Å². The predicted octanol–water partition coefficient (Wildman–Crippen LogP) is 4.53. The van der Waals surface area contributed by atoms with Gasteiger partial charge in [-0.25, -0.2) is 18.1 Å². The minimum atomic E-state index is -3.70. The quantitative estimate of drug-likeness (QED) is 0.567. The molecule has 0 amide bonds. The number of halogens is 2. The van der Waals surface area contributed by atoms with E-state index in [1.165, 1.54) is 12.1 Å². The number of nitrogens with zero attached hydrogens (tertiary/aromatic N) is 2. The van der Waals surface area contributed by atoms with Gasteiger partial charge in [0, 0.05) is 36.1 Å². The largest absolute Gasteiger partial charge is 0.331 e. The van der Waals surface area contributed by atoms with Gasteiger partial charge in [0.1, 0.15) is 10.7 Å². The fraction of sp³-hybridized carbons (Fsp3) is 0.211. The number of aryl methyl sites for hydroxylation is 2. The molecule has 142 valence electrons. The average molecular weight is 424 g/mol. The summed E-state index contributed by atoms with van der Waals surface area (Å²) in [5, 5.41) is 0.548. The highest BCUT2D eigenvalue weighted by Gasteiger charge is 2.19. The van der Waals surface area contributed by atoms with Crippen molar-refractivity contribution in [2.24, 2.45) is 0 Å². The monoisotopic (exact) mass is 423 g/mol. The number of rotatable bonds is 7. The molecule has 5 nitrogen and oxygen atoms in total. The number of nitrogens with one attached hydrogen (secondary N) is 1. The summed E-state index contributed by atoms with van der Waals surface area (Å²) in [6.07, 6.45) is 4.23. The molecule has 0 atom stereocenters. The van der Waals surface area contributed by atoms with E-state index in [0.717, 1.165) is 11.4 Å². The van der Waals surface area contributed by atoms with Gasteiger partial charge in [0.15, 0.2) is 0 Å². The lowest BCUT2D eigenvalue weighted by atomic mass is 10.2. The number of imidazole rings is 1. The summed E-state index contributed by atoms with van der Waals surface area (Å²) in [4.78, 5) is 4.43. The smallest absolute Gasteiger partial charge is 0.242 e. The maximum Gasteiger partial charge on any atom is 0.242 e. The van der Waals surface area contributed by atoms with E-state index in [-0.39, 0.29) is 16.5 Å². The Morgan fingerprint density at radius 1 is 1.11 bits per heavy atom. The van der Waals surface area contributed by atoms with Crippen molar-refractivity contribution in [3.8, 4) is 11.4 Å². The van der Waals surface area contributed by atoms with Crippen molar-refractivity contribution in [1.82, 2.24) is 14.3 Å². The molecule has 8 heteroatoms. The maximum atomic E-state index is 12.5. The normalized spacial score (nSPS) is 11.7. The third kappa shape index (κ3) is 4.71. The molecule has 0 radical (unpaired) electrons. The van der Waals surface area contributed by atoms with Crippen LogP contribution in [0.1, 0.15) is 12.0 Å². The number of hydrogen-bond acceptors (Lipinski definition) is 3. The summed E-state index contributed by atoms with van der Waals surface area (Å²) in [5.74, 6) is 0.856. The van der Waals surface area contributed by atoms with E-state index in [0.29, 0.717) is 23.6 Å². The zero-order valence-corrected chi connectivity index (χ0v) is 17.0. The van der Waals surface area contributed by atoms with Crippen LogP contribution < -0.4 is 4.72 Å². The van der Waals surface area contributed by atoms with Gasteiger partial charge in [0.25, 0.3) is 0 Å². The lowest BCUT2D eigenvalue weighted by Gasteiger charge is -2.11. The molecule has 0 saturated carbocycles. The summed E-state index contributed by atoms with van der Waals surface area (Å²) < 4.78 is 29.6. The molecular formula is C19H19Cl2N3O2S. The van der Waals surface area contributed by atoms with Crippen molar-refractivity contribution in [3.05, 3.63) is 70.5 Å². The van der Waals surface area contributed by atoms with Crippen LogP contribution in [0.15, 0.2) is 59.8 Å². The van der Waals surface area contributed by atoms with Gasteiger partial charge in [0.05, 0.1) is 5.02 Å². The van der Waals surface area contributed by atoms with Crippen molar-refractivity contribution >= 4 is 33.2 Å². The summed E-state index contributed by atoms with van der Waals surface area (Å²) in [7, 11) is -3.70.